The van der Waals surface area contributed by atoms with Gasteiger partial charge in [0.15, 0.2) is 0 Å². The van der Waals surface area contributed by atoms with Crippen LogP contribution >= 0.6 is 0 Å². The van der Waals surface area contributed by atoms with E-state index in [0.717, 1.165) is 44.6 Å². The molecule has 6 heteroatoms. The van der Waals surface area contributed by atoms with E-state index in [9.17, 15) is 4.79 Å². The molecule has 1 unspecified atom stereocenters. The number of aromatic amines is 1. The number of carbonyl (C=O) groups excluding carboxylic acids is 1. The van der Waals surface area contributed by atoms with Crippen molar-refractivity contribution in [1.82, 2.24) is 25.8 Å². The van der Waals surface area contributed by atoms with E-state index in [1.165, 1.54) is 6.33 Å². The number of carbonyl (C=O) groups is 1. The number of rotatable bonds is 6. The third kappa shape index (κ3) is 2.87. The fraction of sp³-hybridized carbons (Fsp3) is 0.750. The van der Waals surface area contributed by atoms with E-state index >= 15 is 0 Å². The summed E-state index contributed by atoms with van der Waals surface area (Å²) >= 11 is 0. The lowest BCUT2D eigenvalue weighted by molar-refractivity contribution is -0.130. The molecule has 2 heterocycles. The second-order valence-electron chi connectivity index (χ2n) is 4.85. The predicted octanol–water partition coefficient (Wildman–Crippen LogP) is 0.243. The van der Waals surface area contributed by atoms with Crippen LogP contribution in [0.1, 0.15) is 32.0 Å². The van der Waals surface area contributed by atoms with Crippen molar-refractivity contribution >= 4 is 5.91 Å². The number of amides is 1. The molecule has 1 fully saturated rings. The van der Waals surface area contributed by atoms with Gasteiger partial charge in [-0.15, -0.1) is 0 Å². The summed E-state index contributed by atoms with van der Waals surface area (Å²) in [6, 6.07) is 0. The molecule has 3 N–H and O–H groups in total. The first kappa shape index (κ1) is 13.0. The smallest absolute Gasteiger partial charge is 0.227 e. The summed E-state index contributed by atoms with van der Waals surface area (Å²) in [6.07, 6.45) is 5.04. The Labute approximate surface area is 107 Å². The van der Waals surface area contributed by atoms with Gasteiger partial charge in [0.2, 0.25) is 5.91 Å². The normalized spacial score (nSPS) is 23.2. The number of H-pyrrole nitrogens is 1. The zero-order valence-corrected chi connectivity index (χ0v) is 10.8. The first-order chi connectivity index (χ1) is 8.77. The molecule has 0 spiro atoms. The van der Waals surface area contributed by atoms with Crippen molar-refractivity contribution in [3.8, 4) is 0 Å². The van der Waals surface area contributed by atoms with Gasteiger partial charge in [0.25, 0.3) is 0 Å². The van der Waals surface area contributed by atoms with Gasteiger partial charge in [-0.2, -0.15) is 5.10 Å². The highest BCUT2D eigenvalue weighted by atomic mass is 16.2. The average molecular weight is 251 g/mol. The fourth-order valence-corrected chi connectivity index (χ4v) is 2.40. The molecule has 0 saturated carbocycles. The van der Waals surface area contributed by atoms with Crippen molar-refractivity contribution in [3.63, 3.8) is 0 Å². The molecule has 0 aromatic carbocycles. The zero-order chi connectivity index (χ0) is 12.8. The summed E-state index contributed by atoms with van der Waals surface area (Å²) in [6.45, 7) is 4.53. The molecule has 1 atom stereocenters. The maximum atomic E-state index is 12.2. The average Bonchev–Trinajstić information content (AvgIpc) is 3.05. The SMILES string of the molecule is CCC1(C(=O)NCCCc2ncn[nH]2)CCNC1. The van der Waals surface area contributed by atoms with Crippen LogP contribution in [0.2, 0.25) is 0 Å². The molecule has 100 valence electrons. The summed E-state index contributed by atoms with van der Waals surface area (Å²) in [4.78, 5) is 16.2. The molecule has 0 radical (unpaired) electrons. The number of aryl methyl sites for hydroxylation is 1. The molecule has 1 aromatic heterocycles. The Morgan fingerprint density at radius 2 is 2.50 bits per heavy atom. The van der Waals surface area contributed by atoms with E-state index < -0.39 is 0 Å². The van der Waals surface area contributed by atoms with E-state index in [1.54, 1.807) is 0 Å². The summed E-state index contributed by atoms with van der Waals surface area (Å²) in [5, 5.41) is 12.9. The molecule has 1 aromatic rings. The molecule has 0 bridgehead atoms. The van der Waals surface area contributed by atoms with Crippen LogP contribution in [0.25, 0.3) is 0 Å². The van der Waals surface area contributed by atoms with Gasteiger partial charge in [0.05, 0.1) is 5.41 Å². The van der Waals surface area contributed by atoms with Crippen LogP contribution in [-0.2, 0) is 11.2 Å². The quantitative estimate of drug-likeness (QED) is 0.633. The van der Waals surface area contributed by atoms with Crippen molar-refractivity contribution < 1.29 is 4.79 Å². The van der Waals surface area contributed by atoms with E-state index in [2.05, 4.69) is 32.7 Å². The van der Waals surface area contributed by atoms with Crippen LogP contribution < -0.4 is 10.6 Å². The maximum Gasteiger partial charge on any atom is 0.227 e. The Kier molecular flexibility index (Phi) is 4.30. The minimum atomic E-state index is -0.188. The van der Waals surface area contributed by atoms with Crippen molar-refractivity contribution in [3.05, 3.63) is 12.2 Å². The fourth-order valence-electron chi connectivity index (χ4n) is 2.40. The van der Waals surface area contributed by atoms with Gasteiger partial charge in [-0.05, 0) is 25.8 Å². The number of hydrogen-bond acceptors (Lipinski definition) is 4. The predicted molar refractivity (Wildman–Crippen MR) is 67.9 cm³/mol. The second kappa shape index (κ2) is 5.95. The van der Waals surface area contributed by atoms with E-state index in [1.807, 2.05) is 0 Å². The number of nitrogens with zero attached hydrogens (tertiary/aromatic N) is 2. The Balaban J connectivity index is 1.71. The zero-order valence-electron chi connectivity index (χ0n) is 10.8. The van der Waals surface area contributed by atoms with Gasteiger partial charge in [-0.25, -0.2) is 4.98 Å². The highest BCUT2D eigenvalue weighted by Gasteiger charge is 2.38. The first-order valence-electron chi connectivity index (χ1n) is 6.60. The lowest BCUT2D eigenvalue weighted by atomic mass is 9.83. The highest BCUT2D eigenvalue weighted by Crippen LogP contribution is 2.29. The Bertz CT molecular complexity index is 370. The molecule has 18 heavy (non-hydrogen) atoms. The van der Waals surface area contributed by atoms with Crippen LogP contribution in [0.15, 0.2) is 6.33 Å². The largest absolute Gasteiger partial charge is 0.356 e. The molecular formula is C12H21N5O. The second-order valence-corrected chi connectivity index (χ2v) is 4.85. The van der Waals surface area contributed by atoms with Crippen LogP contribution in [0.3, 0.4) is 0 Å². The molecule has 1 aliphatic rings. The van der Waals surface area contributed by atoms with Crippen molar-refractivity contribution in [1.29, 1.82) is 0 Å². The monoisotopic (exact) mass is 251 g/mol. The minimum Gasteiger partial charge on any atom is -0.356 e. The third-order valence-corrected chi connectivity index (χ3v) is 3.74. The summed E-state index contributed by atoms with van der Waals surface area (Å²) in [5.41, 5.74) is -0.188. The van der Waals surface area contributed by atoms with Crippen LogP contribution in [0, 0.1) is 5.41 Å². The highest BCUT2D eigenvalue weighted by molar-refractivity contribution is 5.83. The van der Waals surface area contributed by atoms with E-state index in [-0.39, 0.29) is 11.3 Å². The molecule has 0 aliphatic carbocycles. The Morgan fingerprint density at radius 1 is 1.61 bits per heavy atom. The number of aromatic nitrogens is 3. The molecule has 1 aliphatic heterocycles. The third-order valence-electron chi connectivity index (χ3n) is 3.74. The lowest BCUT2D eigenvalue weighted by Gasteiger charge is -2.25. The number of hydrogen-bond donors (Lipinski definition) is 3. The lowest BCUT2D eigenvalue weighted by Crippen LogP contribution is -2.42. The van der Waals surface area contributed by atoms with Gasteiger partial charge in [0, 0.05) is 19.5 Å². The summed E-state index contributed by atoms with van der Waals surface area (Å²) < 4.78 is 0. The van der Waals surface area contributed by atoms with Crippen LogP contribution in [-0.4, -0.2) is 40.7 Å². The van der Waals surface area contributed by atoms with Crippen molar-refractivity contribution in [2.24, 2.45) is 5.41 Å². The van der Waals surface area contributed by atoms with Crippen LogP contribution in [0.5, 0.6) is 0 Å². The Morgan fingerprint density at radius 3 is 3.11 bits per heavy atom. The molecule has 6 nitrogen and oxygen atoms in total. The standard InChI is InChI=1S/C12H21N5O/c1-2-12(5-7-13-8-12)11(18)14-6-3-4-10-15-9-16-17-10/h9,13H,2-8H2,1H3,(H,14,18)(H,15,16,17). The molecule has 2 rings (SSSR count). The summed E-state index contributed by atoms with van der Waals surface area (Å²) in [5.74, 6) is 1.06. The molecule has 1 saturated heterocycles. The molecular weight excluding hydrogens is 230 g/mol. The topological polar surface area (TPSA) is 82.7 Å². The van der Waals surface area contributed by atoms with Gasteiger partial charge < -0.3 is 10.6 Å². The van der Waals surface area contributed by atoms with Crippen molar-refractivity contribution in [2.75, 3.05) is 19.6 Å². The maximum absolute atomic E-state index is 12.2. The van der Waals surface area contributed by atoms with Crippen molar-refractivity contribution in [2.45, 2.75) is 32.6 Å². The van der Waals surface area contributed by atoms with E-state index in [0.29, 0.717) is 6.54 Å². The summed E-state index contributed by atoms with van der Waals surface area (Å²) in [7, 11) is 0. The number of nitrogens with one attached hydrogen (secondary N) is 3. The van der Waals surface area contributed by atoms with Gasteiger partial charge >= 0.3 is 0 Å². The molecule has 1 amide bonds. The van der Waals surface area contributed by atoms with Gasteiger partial charge in [0.1, 0.15) is 12.2 Å². The van der Waals surface area contributed by atoms with Crippen LogP contribution in [0.4, 0.5) is 0 Å². The first-order valence-corrected chi connectivity index (χ1v) is 6.60. The van der Waals surface area contributed by atoms with Gasteiger partial charge in [-0.1, -0.05) is 6.92 Å². The van der Waals surface area contributed by atoms with Gasteiger partial charge in [-0.3, -0.25) is 9.89 Å². The van der Waals surface area contributed by atoms with E-state index in [4.69, 9.17) is 0 Å². The Hall–Kier alpha value is -1.43. The minimum absolute atomic E-state index is 0.188.